The van der Waals surface area contributed by atoms with Gasteiger partial charge in [0.05, 0.1) is 0 Å². The lowest BCUT2D eigenvalue weighted by atomic mass is 9.96. The average Bonchev–Trinajstić information content (AvgIpc) is 2.93. The summed E-state index contributed by atoms with van der Waals surface area (Å²) in [6, 6.07) is 9.99. The van der Waals surface area contributed by atoms with Crippen LogP contribution in [0.25, 0.3) is 0 Å². The van der Waals surface area contributed by atoms with Gasteiger partial charge in [-0.05, 0) is 25.3 Å². The lowest BCUT2D eigenvalue weighted by Crippen LogP contribution is -2.35. The standard InChI is InChI=1S/C16H18N2O3/c1-2-21-10-18-14-12(11-6-4-3-5-7-11)8-9-13(14)15(19)17-16(18)20/h3-7,12H,2,8-10H2,1H3,(H,17,19,20). The molecule has 1 aromatic carbocycles. The first-order chi connectivity index (χ1) is 10.2. The van der Waals surface area contributed by atoms with E-state index in [1.54, 1.807) is 4.57 Å². The molecule has 0 fully saturated rings. The molecule has 0 aliphatic heterocycles. The molecule has 2 aromatic rings. The van der Waals surface area contributed by atoms with Crippen LogP contribution in [0.4, 0.5) is 0 Å². The summed E-state index contributed by atoms with van der Waals surface area (Å²) in [6.45, 7) is 2.58. The van der Waals surface area contributed by atoms with E-state index in [0.717, 1.165) is 17.7 Å². The number of ether oxygens (including phenoxy) is 1. The minimum Gasteiger partial charge on any atom is -0.361 e. The Morgan fingerprint density at radius 3 is 2.76 bits per heavy atom. The Morgan fingerprint density at radius 2 is 2.05 bits per heavy atom. The molecule has 5 heteroatoms. The fourth-order valence-electron chi connectivity index (χ4n) is 3.01. The molecule has 3 rings (SSSR count). The van der Waals surface area contributed by atoms with Crippen LogP contribution in [-0.4, -0.2) is 16.2 Å². The van der Waals surface area contributed by atoms with Crippen LogP contribution in [0, 0.1) is 0 Å². The van der Waals surface area contributed by atoms with Crippen molar-refractivity contribution in [3.63, 3.8) is 0 Å². The maximum atomic E-state index is 12.1. The predicted molar refractivity (Wildman–Crippen MR) is 79.6 cm³/mol. The van der Waals surface area contributed by atoms with Crippen LogP contribution in [0.3, 0.4) is 0 Å². The molecule has 1 N–H and O–H groups in total. The first-order valence-electron chi connectivity index (χ1n) is 7.21. The van der Waals surface area contributed by atoms with Crippen LogP contribution in [0.5, 0.6) is 0 Å². The molecule has 1 unspecified atom stereocenters. The summed E-state index contributed by atoms with van der Waals surface area (Å²) < 4.78 is 6.95. The fraction of sp³-hybridized carbons (Fsp3) is 0.375. The first kappa shape index (κ1) is 13.8. The minimum absolute atomic E-state index is 0.0802. The Bertz CT molecular complexity index is 746. The number of H-pyrrole nitrogens is 1. The Labute approximate surface area is 122 Å². The third-order valence-electron chi connectivity index (χ3n) is 3.98. The van der Waals surface area contributed by atoms with E-state index in [4.69, 9.17) is 4.74 Å². The summed E-state index contributed by atoms with van der Waals surface area (Å²) in [5, 5.41) is 0. The fourth-order valence-corrected chi connectivity index (χ4v) is 3.01. The second kappa shape index (κ2) is 5.69. The summed E-state index contributed by atoms with van der Waals surface area (Å²) in [4.78, 5) is 26.5. The summed E-state index contributed by atoms with van der Waals surface area (Å²) in [6.07, 6.45) is 1.54. The molecule has 0 amide bonds. The van der Waals surface area contributed by atoms with Crippen molar-refractivity contribution in [2.24, 2.45) is 0 Å². The summed E-state index contributed by atoms with van der Waals surface area (Å²) in [7, 11) is 0. The van der Waals surface area contributed by atoms with Crippen LogP contribution >= 0.6 is 0 Å². The molecule has 21 heavy (non-hydrogen) atoms. The molecule has 1 aromatic heterocycles. The minimum atomic E-state index is -0.393. The molecule has 0 spiro atoms. The van der Waals surface area contributed by atoms with Gasteiger partial charge in [-0.3, -0.25) is 14.3 Å². The summed E-state index contributed by atoms with van der Waals surface area (Å²) in [5.74, 6) is 0.0802. The van der Waals surface area contributed by atoms with Gasteiger partial charge in [0.1, 0.15) is 6.73 Å². The Kier molecular flexibility index (Phi) is 3.75. The smallest absolute Gasteiger partial charge is 0.330 e. The highest BCUT2D eigenvalue weighted by Gasteiger charge is 2.30. The van der Waals surface area contributed by atoms with Gasteiger partial charge in [-0.25, -0.2) is 4.79 Å². The van der Waals surface area contributed by atoms with Gasteiger partial charge in [-0.1, -0.05) is 30.3 Å². The van der Waals surface area contributed by atoms with Gasteiger partial charge in [0.2, 0.25) is 0 Å². The first-order valence-corrected chi connectivity index (χ1v) is 7.21. The largest absolute Gasteiger partial charge is 0.361 e. The molecule has 1 atom stereocenters. The van der Waals surface area contributed by atoms with E-state index in [1.807, 2.05) is 37.3 Å². The zero-order valence-corrected chi connectivity index (χ0v) is 12.0. The lowest BCUT2D eigenvalue weighted by molar-refractivity contribution is 0.0819. The van der Waals surface area contributed by atoms with Crippen molar-refractivity contribution in [3.05, 3.63) is 68.0 Å². The topological polar surface area (TPSA) is 64.1 Å². The van der Waals surface area contributed by atoms with Gasteiger partial charge in [-0.2, -0.15) is 0 Å². The zero-order valence-electron chi connectivity index (χ0n) is 12.0. The quantitative estimate of drug-likeness (QED) is 0.928. The predicted octanol–water partition coefficient (Wildman–Crippen LogP) is 1.61. The molecule has 0 saturated carbocycles. The molecular formula is C16H18N2O3. The van der Waals surface area contributed by atoms with Crippen LogP contribution in [0.2, 0.25) is 0 Å². The van der Waals surface area contributed by atoms with Crippen molar-refractivity contribution in [2.75, 3.05) is 6.61 Å². The zero-order chi connectivity index (χ0) is 14.8. The van der Waals surface area contributed by atoms with E-state index in [2.05, 4.69) is 4.98 Å². The maximum Gasteiger partial charge on any atom is 0.330 e. The van der Waals surface area contributed by atoms with Gasteiger partial charge in [0.15, 0.2) is 0 Å². The summed E-state index contributed by atoms with van der Waals surface area (Å²) >= 11 is 0. The molecule has 0 radical (unpaired) electrons. The molecule has 1 aliphatic rings. The average molecular weight is 286 g/mol. The molecule has 1 heterocycles. The second-order valence-corrected chi connectivity index (χ2v) is 5.17. The van der Waals surface area contributed by atoms with Gasteiger partial charge >= 0.3 is 5.69 Å². The molecule has 110 valence electrons. The van der Waals surface area contributed by atoms with E-state index in [0.29, 0.717) is 18.6 Å². The van der Waals surface area contributed by atoms with Crippen LogP contribution in [0.15, 0.2) is 39.9 Å². The van der Waals surface area contributed by atoms with E-state index < -0.39 is 5.69 Å². The van der Waals surface area contributed by atoms with E-state index >= 15 is 0 Å². The number of aromatic nitrogens is 2. The number of fused-ring (bicyclic) bond motifs is 1. The van der Waals surface area contributed by atoms with E-state index in [9.17, 15) is 9.59 Å². The maximum absolute atomic E-state index is 12.1. The van der Waals surface area contributed by atoms with Crippen molar-refractivity contribution in [2.45, 2.75) is 32.4 Å². The van der Waals surface area contributed by atoms with Crippen LogP contribution in [-0.2, 0) is 17.9 Å². The van der Waals surface area contributed by atoms with E-state index in [1.165, 1.54) is 0 Å². The number of hydrogen-bond donors (Lipinski definition) is 1. The Morgan fingerprint density at radius 1 is 1.29 bits per heavy atom. The van der Waals surface area contributed by atoms with Crippen molar-refractivity contribution in [3.8, 4) is 0 Å². The molecule has 0 bridgehead atoms. The van der Waals surface area contributed by atoms with Crippen molar-refractivity contribution in [1.82, 2.24) is 9.55 Å². The number of hydrogen-bond acceptors (Lipinski definition) is 3. The van der Waals surface area contributed by atoms with Crippen molar-refractivity contribution >= 4 is 0 Å². The molecular weight excluding hydrogens is 268 g/mol. The van der Waals surface area contributed by atoms with Crippen LogP contribution in [0.1, 0.15) is 36.1 Å². The van der Waals surface area contributed by atoms with Gasteiger partial charge in [-0.15, -0.1) is 0 Å². The lowest BCUT2D eigenvalue weighted by Gasteiger charge is -2.17. The Balaban J connectivity index is 2.15. The van der Waals surface area contributed by atoms with E-state index in [-0.39, 0.29) is 18.2 Å². The highest BCUT2D eigenvalue weighted by Crippen LogP contribution is 2.35. The molecule has 5 nitrogen and oxygen atoms in total. The van der Waals surface area contributed by atoms with Gasteiger partial charge in [0, 0.05) is 23.8 Å². The number of aromatic amines is 1. The van der Waals surface area contributed by atoms with Crippen LogP contribution < -0.4 is 11.2 Å². The number of rotatable bonds is 4. The number of nitrogens with one attached hydrogen (secondary N) is 1. The van der Waals surface area contributed by atoms with Gasteiger partial charge in [0.25, 0.3) is 5.56 Å². The molecule has 1 aliphatic carbocycles. The molecule has 0 saturated heterocycles. The van der Waals surface area contributed by atoms with Crippen molar-refractivity contribution in [1.29, 1.82) is 0 Å². The normalized spacial score (nSPS) is 16.9. The third kappa shape index (κ3) is 2.45. The number of benzene rings is 1. The second-order valence-electron chi connectivity index (χ2n) is 5.17. The van der Waals surface area contributed by atoms with Gasteiger partial charge < -0.3 is 4.74 Å². The summed E-state index contributed by atoms with van der Waals surface area (Å²) in [5.41, 5.74) is 1.99. The van der Waals surface area contributed by atoms with Crippen molar-refractivity contribution < 1.29 is 4.74 Å². The third-order valence-corrected chi connectivity index (χ3v) is 3.98. The Hall–Kier alpha value is -2.14. The SMILES string of the molecule is CCOCn1c2c(c(=O)[nH]c1=O)CCC2c1ccccc1. The highest BCUT2D eigenvalue weighted by molar-refractivity contribution is 5.37. The highest BCUT2D eigenvalue weighted by atomic mass is 16.5. The monoisotopic (exact) mass is 286 g/mol. The number of nitrogens with zero attached hydrogens (tertiary/aromatic N) is 1.